The predicted molar refractivity (Wildman–Crippen MR) is 166 cm³/mol. The van der Waals surface area contributed by atoms with Crippen molar-refractivity contribution < 1.29 is 5.11 Å². The summed E-state index contributed by atoms with van der Waals surface area (Å²) in [5.41, 5.74) is 7.27. The normalized spacial score (nSPS) is 12.4. The molecule has 0 atom stereocenters. The van der Waals surface area contributed by atoms with Gasteiger partial charge in [0, 0.05) is 11.0 Å². The fraction of sp³-hybridized carbons (Fsp3) is 0.306. The molecule has 4 aromatic carbocycles. The van der Waals surface area contributed by atoms with Crippen molar-refractivity contribution in [2.45, 2.75) is 65.7 Å². The number of benzene rings is 4. The highest BCUT2D eigenvalue weighted by Crippen LogP contribution is 2.44. The third-order valence-corrected chi connectivity index (χ3v) is 7.96. The van der Waals surface area contributed by atoms with E-state index in [1.165, 1.54) is 0 Å². The zero-order valence-corrected chi connectivity index (χ0v) is 25.0. The molecule has 0 amide bonds. The summed E-state index contributed by atoms with van der Waals surface area (Å²) in [6.07, 6.45) is 0.970. The topological polar surface area (TPSA) is 74.7 Å². The highest BCUT2D eigenvalue weighted by molar-refractivity contribution is 5.81. The molecule has 0 saturated heterocycles. The molecule has 5 nitrogen and oxygen atoms in total. The second kappa shape index (κ2) is 10.2. The maximum absolute atomic E-state index is 11.8. The van der Waals surface area contributed by atoms with Crippen LogP contribution in [0.25, 0.3) is 27.8 Å². The van der Waals surface area contributed by atoms with Crippen LogP contribution in [0, 0.1) is 16.7 Å². The molecule has 5 aromatic rings. The monoisotopic (exact) mass is 542 g/mol. The molecule has 0 radical (unpaired) electrons. The van der Waals surface area contributed by atoms with Gasteiger partial charge in [0.15, 0.2) is 0 Å². The van der Waals surface area contributed by atoms with E-state index >= 15 is 0 Å². The van der Waals surface area contributed by atoms with Crippen molar-refractivity contribution in [2.24, 2.45) is 5.41 Å². The van der Waals surface area contributed by atoms with Crippen molar-refractivity contribution in [3.63, 3.8) is 0 Å². The van der Waals surface area contributed by atoms with E-state index in [1.807, 2.05) is 66.7 Å². The lowest BCUT2D eigenvalue weighted by atomic mass is 9.70. The molecule has 41 heavy (non-hydrogen) atoms. The van der Waals surface area contributed by atoms with Gasteiger partial charge in [0.25, 0.3) is 0 Å². The Morgan fingerprint density at radius 1 is 0.732 bits per heavy atom. The lowest BCUT2D eigenvalue weighted by Crippen LogP contribution is -2.27. The largest absolute Gasteiger partial charge is 0.505 e. The van der Waals surface area contributed by atoms with Gasteiger partial charge in [-0.15, -0.1) is 15.0 Å². The first-order valence-electron chi connectivity index (χ1n) is 14.1. The molecular weight excluding hydrogens is 504 g/mol. The van der Waals surface area contributed by atoms with Gasteiger partial charge in [-0.1, -0.05) is 103 Å². The van der Waals surface area contributed by atoms with Crippen LogP contribution in [0.1, 0.15) is 77.1 Å². The average molecular weight is 543 g/mol. The van der Waals surface area contributed by atoms with Gasteiger partial charge < -0.3 is 5.11 Å². The van der Waals surface area contributed by atoms with Crippen LogP contribution in [0.15, 0.2) is 84.9 Å². The Hall–Kier alpha value is -4.43. The molecule has 0 fully saturated rings. The highest BCUT2D eigenvalue weighted by atomic mass is 16.3. The number of hydrogen-bond acceptors (Lipinski definition) is 4. The molecule has 0 spiro atoms. The molecule has 0 aliphatic rings. The average Bonchev–Trinajstić information content (AvgIpc) is 3.35. The fourth-order valence-electron chi connectivity index (χ4n) is 6.02. The van der Waals surface area contributed by atoms with Crippen LogP contribution < -0.4 is 0 Å². The Bertz CT molecular complexity index is 1750. The van der Waals surface area contributed by atoms with E-state index in [2.05, 4.69) is 72.7 Å². The van der Waals surface area contributed by atoms with E-state index in [-0.39, 0.29) is 16.6 Å². The molecule has 0 aliphatic carbocycles. The van der Waals surface area contributed by atoms with E-state index < -0.39 is 5.41 Å². The van der Waals surface area contributed by atoms with Crippen LogP contribution in [-0.4, -0.2) is 20.1 Å². The first-order valence-corrected chi connectivity index (χ1v) is 14.1. The number of aromatic hydroxyl groups is 1. The van der Waals surface area contributed by atoms with Gasteiger partial charge in [0.05, 0.1) is 11.6 Å². The van der Waals surface area contributed by atoms with Crippen molar-refractivity contribution >= 4 is 11.0 Å². The van der Waals surface area contributed by atoms with Gasteiger partial charge in [0.2, 0.25) is 0 Å². The smallest absolute Gasteiger partial charge is 0.147 e. The van der Waals surface area contributed by atoms with Crippen LogP contribution in [0.2, 0.25) is 0 Å². The van der Waals surface area contributed by atoms with E-state index in [0.29, 0.717) is 11.3 Å². The van der Waals surface area contributed by atoms with E-state index in [4.69, 9.17) is 15.5 Å². The van der Waals surface area contributed by atoms with E-state index in [1.54, 1.807) is 4.80 Å². The van der Waals surface area contributed by atoms with Gasteiger partial charge in [-0.05, 0) is 69.8 Å². The molecule has 5 heteroatoms. The zero-order valence-electron chi connectivity index (χ0n) is 25.0. The lowest BCUT2D eigenvalue weighted by molar-refractivity contribution is 0.283. The fourth-order valence-corrected chi connectivity index (χ4v) is 6.02. The first kappa shape index (κ1) is 28.1. The second-order valence-electron chi connectivity index (χ2n) is 13.4. The van der Waals surface area contributed by atoms with E-state index in [0.717, 1.165) is 45.3 Å². The number of phenolic OH excluding ortho intramolecular Hbond substituents is 1. The van der Waals surface area contributed by atoms with Crippen molar-refractivity contribution in [3.05, 3.63) is 107 Å². The van der Waals surface area contributed by atoms with Gasteiger partial charge >= 0.3 is 0 Å². The Morgan fingerprint density at radius 2 is 1.37 bits per heavy atom. The molecule has 1 heterocycles. The minimum absolute atomic E-state index is 0.122. The summed E-state index contributed by atoms with van der Waals surface area (Å²) in [7, 11) is 0. The van der Waals surface area contributed by atoms with Crippen molar-refractivity contribution in [1.82, 2.24) is 15.0 Å². The standard InChI is InChI=1S/C36H38N4O/c1-34(2,3)23-35(4,5)28-20-29(36(6,7)27-11-9-8-10-12-27)33(41)32(21-28)40-38-30-18-17-26(19-31(30)39-40)25-15-13-24(22-37)14-16-25/h8-21,41H,23H2,1-7H3. The van der Waals surface area contributed by atoms with Gasteiger partial charge in [-0.2, -0.15) is 5.26 Å². The van der Waals surface area contributed by atoms with Gasteiger partial charge in [-0.3, -0.25) is 0 Å². The van der Waals surface area contributed by atoms with Crippen molar-refractivity contribution in [3.8, 4) is 28.6 Å². The van der Waals surface area contributed by atoms with Crippen LogP contribution in [0.3, 0.4) is 0 Å². The summed E-state index contributed by atoms with van der Waals surface area (Å²) in [6.45, 7) is 15.6. The molecule has 1 N–H and O–H groups in total. The molecule has 0 saturated carbocycles. The number of hydrogen-bond donors (Lipinski definition) is 1. The van der Waals surface area contributed by atoms with Crippen LogP contribution >= 0.6 is 0 Å². The second-order valence-corrected chi connectivity index (χ2v) is 13.4. The molecule has 1 aromatic heterocycles. The summed E-state index contributed by atoms with van der Waals surface area (Å²) in [5.74, 6) is 0.182. The van der Waals surface area contributed by atoms with Gasteiger partial charge in [-0.25, -0.2) is 0 Å². The number of fused-ring (bicyclic) bond motifs is 1. The minimum Gasteiger partial charge on any atom is -0.505 e. The SMILES string of the molecule is CC(C)(C)CC(C)(C)c1cc(-n2nc3ccc(-c4ccc(C#N)cc4)cc3n2)c(O)c(C(C)(C)c2ccccc2)c1. The molecule has 5 rings (SSSR count). The third-order valence-electron chi connectivity index (χ3n) is 7.96. The quantitative estimate of drug-likeness (QED) is 0.233. The summed E-state index contributed by atoms with van der Waals surface area (Å²) in [6, 6.07) is 30.2. The first-order chi connectivity index (χ1) is 19.3. The zero-order chi connectivity index (χ0) is 29.6. The maximum atomic E-state index is 11.8. The van der Waals surface area contributed by atoms with Crippen molar-refractivity contribution in [2.75, 3.05) is 0 Å². The summed E-state index contributed by atoms with van der Waals surface area (Å²) in [4.78, 5) is 1.57. The number of nitriles is 1. The maximum Gasteiger partial charge on any atom is 0.147 e. The summed E-state index contributed by atoms with van der Waals surface area (Å²) in [5, 5.41) is 30.6. The Balaban J connectivity index is 1.67. The van der Waals surface area contributed by atoms with Crippen LogP contribution in [-0.2, 0) is 10.8 Å². The minimum atomic E-state index is -0.455. The third kappa shape index (κ3) is 5.60. The van der Waals surface area contributed by atoms with Crippen LogP contribution in [0.4, 0.5) is 0 Å². The Labute approximate surface area is 243 Å². The van der Waals surface area contributed by atoms with Gasteiger partial charge in [0.1, 0.15) is 22.5 Å². The van der Waals surface area contributed by atoms with Crippen LogP contribution in [0.5, 0.6) is 5.75 Å². The molecule has 0 aliphatic heterocycles. The lowest BCUT2D eigenvalue weighted by Gasteiger charge is -2.35. The summed E-state index contributed by atoms with van der Waals surface area (Å²) < 4.78 is 0. The predicted octanol–water partition coefficient (Wildman–Crippen LogP) is 8.70. The molecule has 0 unspecified atom stereocenters. The molecule has 0 bridgehead atoms. The number of aromatic nitrogens is 3. The number of nitrogens with zero attached hydrogens (tertiary/aromatic N) is 4. The summed E-state index contributed by atoms with van der Waals surface area (Å²) >= 11 is 0. The Morgan fingerprint density at radius 3 is 2.00 bits per heavy atom. The highest BCUT2D eigenvalue weighted by Gasteiger charge is 2.33. The van der Waals surface area contributed by atoms with Crippen molar-refractivity contribution in [1.29, 1.82) is 5.26 Å². The molecular formula is C36H38N4O. The Kier molecular flexibility index (Phi) is 6.99. The number of rotatable bonds is 6. The number of phenols is 1. The van der Waals surface area contributed by atoms with E-state index in [9.17, 15) is 5.11 Å². The molecule has 208 valence electrons.